The predicted octanol–water partition coefficient (Wildman–Crippen LogP) is 3.40. The predicted molar refractivity (Wildman–Crippen MR) is 72.3 cm³/mol. The standard InChI is InChI=1S/C11H13F3N2O2S2/c1-3-18-15-6-9-7(2)16-11(19-9)20(17)5-4-8(12)10(13)14/h6H,3-5H2,1-2H3. The van der Waals surface area contributed by atoms with Crippen LogP contribution in [0.4, 0.5) is 13.2 Å². The molecule has 0 amide bonds. The van der Waals surface area contributed by atoms with Gasteiger partial charge in [-0.15, -0.1) is 0 Å². The highest BCUT2D eigenvalue weighted by Gasteiger charge is 2.20. The average Bonchev–Trinajstić information content (AvgIpc) is 2.77. The number of aromatic nitrogens is 1. The monoisotopic (exact) mass is 326 g/mol. The Labute approximate surface area is 121 Å². The minimum absolute atomic E-state index is 0.238. The van der Waals surface area contributed by atoms with Crippen molar-refractivity contribution < 1.29 is 22.6 Å². The van der Waals surface area contributed by atoms with Gasteiger partial charge < -0.3 is 9.39 Å². The van der Waals surface area contributed by atoms with E-state index in [0.29, 0.717) is 17.2 Å². The molecular formula is C11H13F3N2O2S2. The van der Waals surface area contributed by atoms with E-state index < -0.39 is 29.5 Å². The summed E-state index contributed by atoms with van der Waals surface area (Å²) < 4.78 is 48.5. The van der Waals surface area contributed by atoms with Gasteiger partial charge in [0.1, 0.15) is 12.4 Å². The fraction of sp³-hybridized carbons (Fsp3) is 0.455. The van der Waals surface area contributed by atoms with Crippen LogP contribution in [0.25, 0.3) is 0 Å². The van der Waals surface area contributed by atoms with E-state index in [1.807, 2.05) is 0 Å². The molecule has 0 aromatic carbocycles. The van der Waals surface area contributed by atoms with Crippen molar-refractivity contribution in [3.05, 3.63) is 22.5 Å². The molecule has 1 aromatic heterocycles. The summed E-state index contributed by atoms with van der Waals surface area (Å²) in [7, 11) is 0. The number of nitrogens with zero attached hydrogens (tertiary/aromatic N) is 2. The molecule has 0 bridgehead atoms. The molecule has 1 unspecified atom stereocenters. The lowest BCUT2D eigenvalue weighted by Gasteiger charge is -2.04. The topological polar surface area (TPSA) is 57.5 Å². The van der Waals surface area contributed by atoms with Crippen LogP contribution in [0.1, 0.15) is 23.9 Å². The van der Waals surface area contributed by atoms with E-state index in [1.54, 1.807) is 13.8 Å². The van der Waals surface area contributed by atoms with Crippen molar-refractivity contribution in [2.75, 3.05) is 12.4 Å². The molecule has 1 aromatic rings. The molecule has 9 heteroatoms. The third kappa shape index (κ3) is 5.14. The fourth-order valence-corrected chi connectivity index (χ4v) is 3.45. The van der Waals surface area contributed by atoms with Crippen molar-refractivity contribution >= 4 is 28.7 Å². The summed E-state index contributed by atoms with van der Waals surface area (Å²) in [5.41, 5.74) is 0.606. The first-order valence-electron chi connectivity index (χ1n) is 5.66. The van der Waals surface area contributed by atoms with Gasteiger partial charge in [0, 0.05) is 11.2 Å². The number of thiazole rings is 1. The Bertz CT molecular complexity index is 502. The van der Waals surface area contributed by atoms with Crippen molar-refractivity contribution in [1.29, 1.82) is 0 Å². The van der Waals surface area contributed by atoms with Gasteiger partial charge in [-0.05, 0) is 13.8 Å². The first-order chi connectivity index (χ1) is 9.45. The second kappa shape index (κ2) is 8.28. The highest BCUT2D eigenvalue weighted by molar-refractivity contribution is 7.93. The summed E-state index contributed by atoms with van der Waals surface area (Å²) in [5, 5.41) is 3.67. The number of hydrogen-bond acceptors (Lipinski definition) is 5. The Morgan fingerprint density at radius 1 is 1.50 bits per heavy atom. The molecule has 0 aliphatic carbocycles. The lowest BCUT2D eigenvalue weighted by Crippen LogP contribution is -2.07. The zero-order valence-corrected chi connectivity index (χ0v) is 12.5. The van der Waals surface area contributed by atoms with Crippen LogP contribution in [-0.4, -0.2) is 28.1 Å². The van der Waals surface area contributed by atoms with E-state index in [2.05, 4.69) is 10.1 Å². The van der Waals surface area contributed by atoms with Gasteiger partial charge in [0.15, 0.2) is 5.83 Å². The Hall–Kier alpha value is -1.06. The molecule has 0 aliphatic heterocycles. The zero-order valence-electron chi connectivity index (χ0n) is 10.9. The van der Waals surface area contributed by atoms with E-state index in [0.717, 1.165) is 11.3 Å². The molecule has 4 nitrogen and oxygen atoms in total. The van der Waals surface area contributed by atoms with Gasteiger partial charge in [-0.3, -0.25) is 0 Å². The van der Waals surface area contributed by atoms with Crippen molar-refractivity contribution in [3.8, 4) is 0 Å². The Kier molecular flexibility index (Phi) is 7.03. The summed E-state index contributed by atoms with van der Waals surface area (Å²) in [6.45, 7) is 3.91. The fourth-order valence-electron chi connectivity index (χ4n) is 1.12. The Morgan fingerprint density at radius 2 is 2.20 bits per heavy atom. The normalized spacial score (nSPS) is 12.7. The Balaban J connectivity index is 2.67. The Morgan fingerprint density at radius 3 is 2.80 bits per heavy atom. The summed E-state index contributed by atoms with van der Waals surface area (Å²) in [6, 6.07) is 0. The molecule has 20 heavy (non-hydrogen) atoms. The minimum Gasteiger partial charge on any atom is -0.610 e. The first kappa shape index (κ1) is 17.0. The van der Waals surface area contributed by atoms with Crippen LogP contribution >= 0.6 is 11.3 Å². The lowest BCUT2D eigenvalue weighted by molar-refractivity contribution is 0.160. The first-order valence-corrected chi connectivity index (χ1v) is 7.80. The second-order valence-electron chi connectivity index (χ2n) is 3.55. The number of allylic oxidation sites excluding steroid dienone is 1. The SMILES string of the molecule is CCON=Cc1sc([S+]([O-])CCC(F)=C(F)F)nc1C. The maximum atomic E-state index is 12.6. The lowest BCUT2D eigenvalue weighted by atomic mass is 10.4. The third-order valence-electron chi connectivity index (χ3n) is 2.09. The van der Waals surface area contributed by atoms with Gasteiger partial charge in [0.25, 0.3) is 0 Å². The number of oxime groups is 1. The largest absolute Gasteiger partial charge is 0.610 e. The van der Waals surface area contributed by atoms with Crippen LogP contribution in [0, 0.1) is 6.92 Å². The second-order valence-corrected chi connectivity index (χ2v) is 6.32. The van der Waals surface area contributed by atoms with E-state index in [-0.39, 0.29) is 10.1 Å². The summed E-state index contributed by atoms with van der Waals surface area (Å²) in [6.07, 6.45) is -1.50. The molecule has 0 spiro atoms. The van der Waals surface area contributed by atoms with Crippen molar-refractivity contribution in [3.63, 3.8) is 0 Å². The van der Waals surface area contributed by atoms with Crippen LogP contribution in [0.15, 0.2) is 21.4 Å². The van der Waals surface area contributed by atoms with E-state index in [9.17, 15) is 17.7 Å². The van der Waals surface area contributed by atoms with Crippen molar-refractivity contribution in [2.24, 2.45) is 5.16 Å². The molecule has 1 rings (SSSR count). The van der Waals surface area contributed by atoms with Crippen LogP contribution in [0.3, 0.4) is 0 Å². The van der Waals surface area contributed by atoms with E-state index in [4.69, 9.17) is 4.84 Å². The number of halogens is 3. The zero-order chi connectivity index (χ0) is 15.1. The van der Waals surface area contributed by atoms with Crippen LogP contribution in [-0.2, 0) is 16.0 Å². The summed E-state index contributed by atoms with van der Waals surface area (Å²) in [5.74, 6) is -1.78. The van der Waals surface area contributed by atoms with E-state index >= 15 is 0 Å². The highest BCUT2D eigenvalue weighted by Crippen LogP contribution is 2.24. The van der Waals surface area contributed by atoms with Crippen LogP contribution in [0.2, 0.25) is 0 Å². The molecule has 1 heterocycles. The minimum atomic E-state index is -2.37. The molecule has 0 radical (unpaired) electrons. The molecular weight excluding hydrogens is 313 g/mol. The smallest absolute Gasteiger partial charge is 0.302 e. The van der Waals surface area contributed by atoms with Crippen LogP contribution in [0.5, 0.6) is 0 Å². The number of aryl methyl sites for hydroxylation is 1. The maximum Gasteiger partial charge on any atom is 0.302 e. The molecule has 0 saturated carbocycles. The molecule has 0 fully saturated rings. The molecule has 0 N–H and O–H groups in total. The van der Waals surface area contributed by atoms with Gasteiger partial charge in [-0.1, -0.05) is 16.5 Å². The van der Waals surface area contributed by atoms with Gasteiger partial charge in [-0.2, -0.15) is 13.8 Å². The molecule has 0 saturated heterocycles. The number of rotatable bonds is 7. The van der Waals surface area contributed by atoms with Crippen molar-refractivity contribution in [1.82, 2.24) is 4.98 Å². The molecule has 0 aliphatic rings. The maximum absolute atomic E-state index is 12.6. The third-order valence-corrected chi connectivity index (χ3v) is 4.84. The van der Waals surface area contributed by atoms with Crippen LogP contribution < -0.4 is 0 Å². The summed E-state index contributed by atoms with van der Waals surface area (Å²) in [4.78, 5) is 9.52. The van der Waals surface area contributed by atoms with Gasteiger partial charge in [-0.25, -0.2) is 4.39 Å². The molecule has 112 valence electrons. The quantitative estimate of drug-likeness (QED) is 0.438. The van der Waals surface area contributed by atoms with Crippen molar-refractivity contribution in [2.45, 2.75) is 24.6 Å². The van der Waals surface area contributed by atoms with E-state index in [1.165, 1.54) is 6.21 Å². The van der Waals surface area contributed by atoms with Gasteiger partial charge in [0.2, 0.25) is 0 Å². The number of hydrogen-bond donors (Lipinski definition) is 0. The highest BCUT2D eigenvalue weighted by atomic mass is 32.2. The van der Waals surface area contributed by atoms with Gasteiger partial charge >= 0.3 is 10.4 Å². The summed E-state index contributed by atoms with van der Waals surface area (Å²) >= 11 is -0.508. The average molecular weight is 326 g/mol. The molecule has 1 atom stereocenters. The van der Waals surface area contributed by atoms with Gasteiger partial charge in [0.05, 0.1) is 23.2 Å².